The van der Waals surface area contributed by atoms with Crippen molar-refractivity contribution in [3.63, 3.8) is 0 Å². The molecule has 1 aromatic heterocycles. The number of benzene rings is 1. The number of rotatable bonds is 2. The van der Waals surface area contributed by atoms with Gasteiger partial charge in [0, 0.05) is 17.5 Å². The molecule has 5 nitrogen and oxygen atoms in total. The van der Waals surface area contributed by atoms with Crippen molar-refractivity contribution in [2.45, 2.75) is 18.6 Å². The largest absolute Gasteiger partial charge is 0.485 e. The van der Waals surface area contributed by atoms with Crippen molar-refractivity contribution in [3.05, 3.63) is 45.7 Å². The molecule has 0 saturated carbocycles. The summed E-state index contributed by atoms with van der Waals surface area (Å²) in [5.41, 5.74) is 0.0625. The number of aliphatic hydroxyl groups excluding tert-OH is 1. The molecule has 0 aliphatic carbocycles. The van der Waals surface area contributed by atoms with Crippen LogP contribution in [0.4, 0.5) is 8.78 Å². The zero-order valence-corrected chi connectivity index (χ0v) is 13.9. The number of aliphatic hydroxyl groups is 1. The monoisotopic (exact) mass is 367 g/mol. The number of halogens is 2. The van der Waals surface area contributed by atoms with Crippen molar-refractivity contribution in [1.29, 1.82) is 0 Å². The summed E-state index contributed by atoms with van der Waals surface area (Å²) in [6, 6.07) is 2.39. The normalized spacial score (nSPS) is 22.3. The Balaban J connectivity index is 1.69. The molecule has 2 aromatic rings. The van der Waals surface area contributed by atoms with Crippen LogP contribution in [-0.4, -0.2) is 41.8 Å². The Morgan fingerprint density at radius 3 is 2.92 bits per heavy atom. The second-order valence-electron chi connectivity index (χ2n) is 5.98. The molecule has 2 aliphatic heterocycles. The molecule has 2 unspecified atom stereocenters. The number of hydrogen-bond donors (Lipinski definition) is 1. The first-order chi connectivity index (χ1) is 12.0. The van der Waals surface area contributed by atoms with Crippen LogP contribution in [0.1, 0.15) is 27.7 Å². The Bertz CT molecular complexity index is 825. The van der Waals surface area contributed by atoms with Crippen molar-refractivity contribution in [2.24, 2.45) is 0 Å². The van der Waals surface area contributed by atoms with Gasteiger partial charge in [0.25, 0.3) is 5.91 Å². The zero-order chi connectivity index (χ0) is 17.6. The highest BCUT2D eigenvalue weighted by Gasteiger charge is 2.39. The first-order valence-corrected chi connectivity index (χ1v) is 8.73. The van der Waals surface area contributed by atoms with Crippen LogP contribution in [0.2, 0.25) is 0 Å². The van der Waals surface area contributed by atoms with Gasteiger partial charge in [-0.15, -0.1) is 11.3 Å². The summed E-state index contributed by atoms with van der Waals surface area (Å²) in [6.07, 6.45) is -0.651. The van der Waals surface area contributed by atoms with Crippen LogP contribution in [0.3, 0.4) is 0 Å². The molecule has 8 heteroatoms. The molecule has 25 heavy (non-hydrogen) atoms. The Morgan fingerprint density at radius 2 is 2.08 bits per heavy atom. The Morgan fingerprint density at radius 1 is 1.28 bits per heavy atom. The van der Waals surface area contributed by atoms with E-state index in [0.717, 1.165) is 18.2 Å². The molecule has 3 heterocycles. The number of ether oxygens (including phenoxy) is 2. The van der Waals surface area contributed by atoms with Gasteiger partial charge in [0.05, 0.1) is 12.1 Å². The lowest BCUT2D eigenvalue weighted by molar-refractivity contribution is 0.0710. The average molecular weight is 367 g/mol. The molecule has 0 spiro atoms. The fraction of sp³-hybridized carbons (Fsp3) is 0.353. The second kappa shape index (κ2) is 6.27. The standard InChI is InChI=1S/C17H15F2NO4S/c18-9-1-2-12(19)11(5-9)13-6-10(21)7-20(13)17(22)16-15-14(8-25-16)23-3-4-24-15/h1-2,5,8,10,13,21H,3-4,6-7H2. The summed E-state index contributed by atoms with van der Waals surface area (Å²) >= 11 is 1.18. The molecule has 2 atom stereocenters. The lowest BCUT2D eigenvalue weighted by Gasteiger charge is -2.25. The number of thiophene rings is 1. The molecule has 0 radical (unpaired) electrons. The number of nitrogens with zero attached hydrogens (tertiary/aromatic N) is 1. The van der Waals surface area contributed by atoms with E-state index in [4.69, 9.17) is 9.47 Å². The topological polar surface area (TPSA) is 59.0 Å². The van der Waals surface area contributed by atoms with Gasteiger partial charge in [0.2, 0.25) is 0 Å². The van der Waals surface area contributed by atoms with Crippen LogP contribution in [0.15, 0.2) is 23.6 Å². The van der Waals surface area contributed by atoms with Gasteiger partial charge in [-0.2, -0.15) is 0 Å². The van der Waals surface area contributed by atoms with Crippen LogP contribution >= 0.6 is 11.3 Å². The minimum Gasteiger partial charge on any atom is -0.485 e. The van der Waals surface area contributed by atoms with Crippen molar-refractivity contribution in [1.82, 2.24) is 4.90 Å². The van der Waals surface area contributed by atoms with E-state index in [1.54, 1.807) is 5.38 Å². The smallest absolute Gasteiger partial charge is 0.268 e. The van der Waals surface area contributed by atoms with Crippen LogP contribution in [0.25, 0.3) is 0 Å². The Labute approximate surface area is 146 Å². The molecular formula is C17H15F2NO4S. The molecule has 1 N–H and O–H groups in total. The number of carbonyl (C=O) groups is 1. The van der Waals surface area contributed by atoms with Gasteiger partial charge in [-0.1, -0.05) is 0 Å². The maximum absolute atomic E-state index is 14.2. The predicted octanol–water partition coefficient (Wildman–Crippen LogP) is 2.75. The van der Waals surface area contributed by atoms with Gasteiger partial charge >= 0.3 is 0 Å². The second-order valence-corrected chi connectivity index (χ2v) is 6.86. The summed E-state index contributed by atoms with van der Waals surface area (Å²) < 4.78 is 38.7. The number of amides is 1. The highest BCUT2D eigenvalue weighted by atomic mass is 32.1. The number of hydrogen-bond acceptors (Lipinski definition) is 5. The van der Waals surface area contributed by atoms with Crippen molar-refractivity contribution in [3.8, 4) is 11.5 Å². The van der Waals surface area contributed by atoms with Crippen molar-refractivity contribution in [2.75, 3.05) is 19.8 Å². The van der Waals surface area contributed by atoms with E-state index in [9.17, 15) is 18.7 Å². The Kier molecular flexibility index (Phi) is 4.09. The van der Waals surface area contributed by atoms with Gasteiger partial charge in [-0.25, -0.2) is 8.78 Å². The zero-order valence-electron chi connectivity index (χ0n) is 13.1. The van der Waals surface area contributed by atoms with Crippen molar-refractivity contribution >= 4 is 17.2 Å². The highest BCUT2D eigenvalue weighted by Crippen LogP contribution is 2.42. The quantitative estimate of drug-likeness (QED) is 0.887. The maximum atomic E-state index is 14.2. The molecule has 4 rings (SSSR count). The minimum absolute atomic E-state index is 0.0486. The first kappa shape index (κ1) is 16.3. The van der Waals surface area contributed by atoms with Gasteiger partial charge in [-0.05, 0) is 24.6 Å². The van der Waals surface area contributed by atoms with E-state index in [-0.39, 0.29) is 24.4 Å². The Hall–Kier alpha value is -2.19. The SMILES string of the molecule is O=C(c1scc2c1OCCO2)N1CC(O)CC1c1cc(F)ccc1F. The number of fused-ring (bicyclic) bond motifs is 1. The third-order valence-electron chi connectivity index (χ3n) is 4.35. The summed E-state index contributed by atoms with van der Waals surface area (Å²) in [5.74, 6) is -0.697. The van der Waals surface area contributed by atoms with E-state index in [1.165, 1.54) is 16.2 Å². The maximum Gasteiger partial charge on any atom is 0.268 e. The number of likely N-dealkylation sites (tertiary alicyclic amines) is 1. The van der Waals surface area contributed by atoms with Crippen LogP contribution < -0.4 is 9.47 Å². The molecule has 132 valence electrons. The van der Waals surface area contributed by atoms with E-state index in [2.05, 4.69) is 0 Å². The van der Waals surface area contributed by atoms with E-state index >= 15 is 0 Å². The summed E-state index contributed by atoms with van der Waals surface area (Å²) in [5, 5.41) is 11.7. The van der Waals surface area contributed by atoms with Crippen molar-refractivity contribution < 1.29 is 28.2 Å². The van der Waals surface area contributed by atoms with Gasteiger partial charge in [0.15, 0.2) is 11.5 Å². The molecule has 1 aromatic carbocycles. The lowest BCUT2D eigenvalue weighted by Crippen LogP contribution is -2.32. The third-order valence-corrected chi connectivity index (χ3v) is 5.28. The third kappa shape index (κ3) is 2.85. The summed E-state index contributed by atoms with van der Waals surface area (Å²) in [4.78, 5) is 14.7. The van der Waals surface area contributed by atoms with Crippen LogP contribution in [-0.2, 0) is 0 Å². The molecule has 1 saturated heterocycles. The number of β-amino-alcohol motifs (C(OH)–C–C–N with tert-alkyl or cyclic N) is 1. The molecular weight excluding hydrogens is 352 g/mol. The fourth-order valence-corrected chi connectivity index (χ4v) is 4.13. The average Bonchev–Trinajstić information content (AvgIpc) is 3.20. The van der Waals surface area contributed by atoms with Gasteiger partial charge < -0.3 is 19.5 Å². The number of carbonyl (C=O) groups excluding carboxylic acids is 1. The van der Waals surface area contributed by atoms with Crippen LogP contribution in [0, 0.1) is 11.6 Å². The minimum atomic E-state index is -0.801. The summed E-state index contributed by atoms with van der Waals surface area (Å²) in [7, 11) is 0. The van der Waals surface area contributed by atoms with Gasteiger partial charge in [-0.3, -0.25) is 4.79 Å². The van der Waals surface area contributed by atoms with E-state index in [0.29, 0.717) is 29.6 Å². The molecule has 0 bridgehead atoms. The van der Waals surface area contributed by atoms with Gasteiger partial charge in [0.1, 0.15) is 29.7 Å². The summed E-state index contributed by atoms with van der Waals surface area (Å²) in [6.45, 7) is 0.804. The molecule has 1 fully saturated rings. The first-order valence-electron chi connectivity index (χ1n) is 7.85. The predicted molar refractivity (Wildman–Crippen MR) is 86.1 cm³/mol. The molecule has 1 amide bonds. The van der Waals surface area contributed by atoms with Crippen LogP contribution in [0.5, 0.6) is 11.5 Å². The highest BCUT2D eigenvalue weighted by molar-refractivity contribution is 7.12. The molecule has 2 aliphatic rings. The fourth-order valence-electron chi connectivity index (χ4n) is 3.24. The van der Waals surface area contributed by atoms with E-state index < -0.39 is 23.8 Å². The van der Waals surface area contributed by atoms with E-state index in [1.807, 2.05) is 0 Å². The lowest BCUT2D eigenvalue weighted by atomic mass is 10.0.